The predicted molar refractivity (Wildman–Crippen MR) is 82.6 cm³/mol. The smallest absolute Gasteiger partial charge is 0.255 e. The summed E-state index contributed by atoms with van der Waals surface area (Å²) in [7, 11) is 0. The summed E-state index contributed by atoms with van der Waals surface area (Å²) < 4.78 is 13.4. The van der Waals surface area contributed by atoms with E-state index in [1.807, 2.05) is 0 Å². The largest absolute Gasteiger partial charge is 0.506 e. The maximum Gasteiger partial charge on any atom is 0.255 e. The zero-order valence-corrected chi connectivity index (χ0v) is 13.3. The van der Waals surface area contributed by atoms with Crippen LogP contribution in [0.3, 0.4) is 0 Å². The zero-order valence-electron chi connectivity index (χ0n) is 12.5. The molecule has 0 radical (unpaired) electrons. The van der Waals surface area contributed by atoms with E-state index in [4.69, 9.17) is 17.3 Å². The topological polar surface area (TPSA) is 92.4 Å². The third-order valence-corrected chi connectivity index (χ3v) is 5.71. The van der Waals surface area contributed by atoms with Crippen LogP contribution in [0.1, 0.15) is 48.9 Å². The number of primary amides is 1. The van der Waals surface area contributed by atoms with E-state index in [1.165, 1.54) is 0 Å². The van der Waals surface area contributed by atoms with Crippen LogP contribution in [0.25, 0.3) is 0 Å². The van der Waals surface area contributed by atoms with Gasteiger partial charge in [-0.3, -0.25) is 9.59 Å². The van der Waals surface area contributed by atoms with Gasteiger partial charge in [0, 0.05) is 11.0 Å². The molecule has 23 heavy (non-hydrogen) atoms. The molecule has 5 nitrogen and oxygen atoms in total. The van der Waals surface area contributed by atoms with Gasteiger partial charge in [-0.2, -0.15) is 0 Å². The highest BCUT2D eigenvalue weighted by Crippen LogP contribution is 2.52. The molecule has 3 saturated carbocycles. The SMILES string of the molecule is NC(=O)C12CCC(NC(=O)c3cc(F)cc(Cl)c3O)(CC1)CC2. The summed E-state index contributed by atoms with van der Waals surface area (Å²) in [6.45, 7) is 0. The maximum absolute atomic E-state index is 13.4. The molecule has 4 N–H and O–H groups in total. The second-order valence-corrected chi connectivity index (χ2v) is 7.07. The van der Waals surface area contributed by atoms with Crippen LogP contribution in [-0.2, 0) is 4.79 Å². The van der Waals surface area contributed by atoms with E-state index in [9.17, 15) is 19.1 Å². The summed E-state index contributed by atoms with van der Waals surface area (Å²) in [4.78, 5) is 24.1. The fourth-order valence-corrected chi connectivity index (χ4v) is 4.00. The number of aromatic hydroxyl groups is 1. The second kappa shape index (κ2) is 5.37. The Balaban J connectivity index is 1.79. The van der Waals surface area contributed by atoms with Crippen molar-refractivity contribution < 1.29 is 19.1 Å². The van der Waals surface area contributed by atoms with E-state index >= 15 is 0 Å². The Morgan fingerprint density at radius 2 is 1.74 bits per heavy atom. The van der Waals surface area contributed by atoms with Crippen LogP contribution >= 0.6 is 11.6 Å². The van der Waals surface area contributed by atoms with E-state index in [0.717, 1.165) is 12.1 Å². The van der Waals surface area contributed by atoms with Gasteiger partial charge in [-0.1, -0.05) is 11.6 Å². The van der Waals surface area contributed by atoms with Gasteiger partial charge in [0.1, 0.15) is 11.6 Å². The third-order valence-electron chi connectivity index (χ3n) is 5.42. The third kappa shape index (κ3) is 2.65. The first kappa shape index (κ1) is 16.1. The van der Waals surface area contributed by atoms with Gasteiger partial charge in [-0.15, -0.1) is 0 Å². The lowest BCUT2D eigenvalue weighted by atomic mass is 9.57. The van der Waals surface area contributed by atoms with Gasteiger partial charge in [0.25, 0.3) is 5.91 Å². The number of carbonyl (C=O) groups excluding carboxylic acids is 2. The Morgan fingerprint density at radius 1 is 1.17 bits per heavy atom. The maximum atomic E-state index is 13.4. The van der Waals surface area contributed by atoms with E-state index in [1.54, 1.807) is 0 Å². The predicted octanol–water partition coefficient (Wildman–Crippen LogP) is 2.49. The van der Waals surface area contributed by atoms with Gasteiger partial charge in [0.2, 0.25) is 5.91 Å². The number of fused-ring (bicyclic) bond motifs is 3. The normalized spacial score (nSPS) is 29.3. The standard InChI is InChI=1S/C16H18ClFN2O3/c17-11-8-9(18)7-10(12(11)21)13(22)20-16-4-1-15(2-5-16,3-6-16)14(19)23/h7-8,21H,1-6H2,(H2,19,23)(H,20,22). The summed E-state index contributed by atoms with van der Waals surface area (Å²) in [5, 5.41) is 12.6. The van der Waals surface area contributed by atoms with Crippen molar-refractivity contribution >= 4 is 23.4 Å². The molecule has 1 aromatic rings. The Hall–Kier alpha value is -1.82. The second-order valence-electron chi connectivity index (χ2n) is 6.66. The lowest BCUT2D eigenvalue weighted by Crippen LogP contribution is -2.59. The first-order valence-corrected chi connectivity index (χ1v) is 7.95. The van der Waals surface area contributed by atoms with Gasteiger partial charge in [-0.25, -0.2) is 4.39 Å². The Bertz CT molecular complexity index is 668. The molecule has 3 fully saturated rings. The molecule has 0 aliphatic heterocycles. The van der Waals surface area contributed by atoms with Crippen molar-refractivity contribution in [2.75, 3.05) is 0 Å². The van der Waals surface area contributed by atoms with Crippen LogP contribution in [0.4, 0.5) is 4.39 Å². The minimum Gasteiger partial charge on any atom is -0.506 e. The van der Waals surface area contributed by atoms with Gasteiger partial charge in [0.05, 0.1) is 10.6 Å². The van der Waals surface area contributed by atoms with Crippen LogP contribution in [0.2, 0.25) is 5.02 Å². The molecule has 3 aliphatic rings. The number of phenolic OH excluding ortho intramolecular Hbond substituents is 1. The first-order chi connectivity index (χ1) is 10.8. The molecule has 3 aliphatic carbocycles. The molecule has 2 amide bonds. The fourth-order valence-electron chi connectivity index (χ4n) is 3.79. The summed E-state index contributed by atoms with van der Waals surface area (Å²) in [6, 6.07) is 1.92. The number of phenols is 1. The van der Waals surface area contributed by atoms with Crippen molar-refractivity contribution in [3.63, 3.8) is 0 Å². The summed E-state index contributed by atoms with van der Waals surface area (Å²) in [5.41, 5.74) is 4.45. The molecular formula is C16H18ClFN2O3. The lowest BCUT2D eigenvalue weighted by Gasteiger charge is -2.52. The number of hydrogen-bond donors (Lipinski definition) is 3. The van der Waals surface area contributed by atoms with Crippen LogP contribution in [-0.4, -0.2) is 22.5 Å². The molecule has 0 atom stereocenters. The van der Waals surface area contributed by atoms with Crippen molar-refractivity contribution in [1.29, 1.82) is 0 Å². The highest BCUT2D eigenvalue weighted by Gasteiger charge is 2.52. The fraction of sp³-hybridized carbons (Fsp3) is 0.500. The Kier molecular flexibility index (Phi) is 3.75. The summed E-state index contributed by atoms with van der Waals surface area (Å²) in [5.74, 6) is -1.94. The summed E-state index contributed by atoms with van der Waals surface area (Å²) >= 11 is 5.71. The molecule has 0 aromatic heterocycles. The van der Waals surface area contributed by atoms with Crippen molar-refractivity contribution in [3.05, 3.63) is 28.5 Å². The molecule has 1 aromatic carbocycles. The highest BCUT2D eigenvalue weighted by molar-refractivity contribution is 6.32. The molecule has 7 heteroatoms. The molecule has 0 saturated heterocycles. The Labute approximate surface area is 138 Å². The van der Waals surface area contributed by atoms with Gasteiger partial charge in [-0.05, 0) is 50.7 Å². The average molecular weight is 341 g/mol. The number of rotatable bonds is 3. The van der Waals surface area contributed by atoms with E-state index in [-0.39, 0.29) is 16.5 Å². The Morgan fingerprint density at radius 3 is 2.26 bits per heavy atom. The number of nitrogens with one attached hydrogen (secondary N) is 1. The molecule has 0 unspecified atom stereocenters. The molecule has 124 valence electrons. The number of benzene rings is 1. The van der Waals surface area contributed by atoms with Crippen molar-refractivity contribution in [2.45, 2.75) is 44.1 Å². The lowest BCUT2D eigenvalue weighted by molar-refractivity contribution is -0.134. The van der Waals surface area contributed by atoms with E-state index in [2.05, 4.69) is 5.32 Å². The van der Waals surface area contributed by atoms with E-state index in [0.29, 0.717) is 38.5 Å². The number of hydrogen-bond acceptors (Lipinski definition) is 3. The molecule has 0 spiro atoms. The highest BCUT2D eigenvalue weighted by atomic mass is 35.5. The van der Waals surface area contributed by atoms with Crippen LogP contribution in [0.5, 0.6) is 5.75 Å². The number of halogens is 2. The van der Waals surface area contributed by atoms with Crippen molar-refractivity contribution in [2.24, 2.45) is 11.1 Å². The van der Waals surface area contributed by atoms with Gasteiger partial charge < -0.3 is 16.2 Å². The van der Waals surface area contributed by atoms with Crippen LogP contribution in [0.15, 0.2) is 12.1 Å². The monoisotopic (exact) mass is 340 g/mol. The van der Waals surface area contributed by atoms with Gasteiger partial charge in [0.15, 0.2) is 0 Å². The zero-order chi connectivity index (χ0) is 16.8. The first-order valence-electron chi connectivity index (χ1n) is 7.57. The van der Waals surface area contributed by atoms with Crippen LogP contribution < -0.4 is 11.1 Å². The molecular weight excluding hydrogens is 323 g/mol. The average Bonchev–Trinajstić information content (AvgIpc) is 2.52. The van der Waals surface area contributed by atoms with Crippen molar-refractivity contribution in [3.8, 4) is 5.75 Å². The van der Waals surface area contributed by atoms with E-state index < -0.39 is 28.4 Å². The van der Waals surface area contributed by atoms with Gasteiger partial charge >= 0.3 is 0 Å². The minimum atomic E-state index is -0.685. The minimum absolute atomic E-state index is 0.179. The number of amides is 2. The molecule has 0 heterocycles. The van der Waals surface area contributed by atoms with Crippen molar-refractivity contribution in [1.82, 2.24) is 5.32 Å². The number of nitrogens with two attached hydrogens (primary N) is 1. The van der Waals surface area contributed by atoms with Crippen LogP contribution in [0, 0.1) is 11.2 Å². The summed E-state index contributed by atoms with van der Waals surface area (Å²) in [6.07, 6.45) is 3.85. The molecule has 2 bridgehead atoms. The molecule has 4 rings (SSSR count). The quantitative estimate of drug-likeness (QED) is 0.789. The number of carbonyl (C=O) groups is 2.